The van der Waals surface area contributed by atoms with Crippen LogP contribution in [0, 0.1) is 0 Å². The molecule has 2 aromatic carbocycles. The lowest BCUT2D eigenvalue weighted by atomic mass is 10.1. The molecule has 2 aromatic heterocycles. The van der Waals surface area contributed by atoms with Crippen molar-refractivity contribution in [2.24, 2.45) is 0 Å². The van der Waals surface area contributed by atoms with Crippen molar-refractivity contribution in [1.29, 1.82) is 0 Å². The maximum atomic E-state index is 12.9. The van der Waals surface area contributed by atoms with Crippen LogP contribution in [-0.2, 0) is 14.6 Å². The second kappa shape index (κ2) is 6.53. The zero-order valence-electron chi connectivity index (χ0n) is 15.7. The van der Waals surface area contributed by atoms with Crippen molar-refractivity contribution in [1.82, 2.24) is 9.97 Å². The van der Waals surface area contributed by atoms with Gasteiger partial charge in [0.2, 0.25) is 14.9 Å². The van der Waals surface area contributed by atoms with E-state index in [0.29, 0.717) is 11.1 Å². The summed E-state index contributed by atoms with van der Waals surface area (Å²) in [6, 6.07) is 11.3. The predicted octanol–water partition coefficient (Wildman–Crippen LogP) is 5.10. The summed E-state index contributed by atoms with van der Waals surface area (Å²) >= 11 is 1.59. The van der Waals surface area contributed by atoms with Crippen molar-refractivity contribution >= 4 is 59.7 Å². The smallest absolute Gasteiger partial charge is 0.239 e. The largest absolute Gasteiger partial charge is 0.480 e. The van der Waals surface area contributed by atoms with Gasteiger partial charge in [0.05, 0.1) is 32.2 Å². The van der Waals surface area contributed by atoms with Gasteiger partial charge in [-0.3, -0.25) is 4.98 Å². The van der Waals surface area contributed by atoms with Crippen molar-refractivity contribution in [3.8, 4) is 0 Å². The molecular formula is C21H17N3O3S2. The minimum absolute atomic E-state index is 0.0127. The van der Waals surface area contributed by atoms with E-state index in [1.165, 1.54) is 0 Å². The number of ether oxygens (including phenoxy) is 1. The Morgan fingerprint density at radius 2 is 1.93 bits per heavy atom. The number of hydrogen-bond acceptors (Lipinski definition) is 7. The van der Waals surface area contributed by atoms with Crippen molar-refractivity contribution in [3.63, 3.8) is 0 Å². The van der Waals surface area contributed by atoms with E-state index < -0.39 is 9.84 Å². The quantitative estimate of drug-likeness (QED) is 0.492. The highest BCUT2D eigenvalue weighted by atomic mass is 32.2. The van der Waals surface area contributed by atoms with Crippen LogP contribution in [0.3, 0.4) is 0 Å². The molecule has 0 fully saturated rings. The molecular weight excluding hydrogens is 406 g/mol. The number of hydrogen-bond donors (Lipinski definition) is 1. The lowest BCUT2D eigenvalue weighted by Crippen LogP contribution is -2.09. The number of benzene rings is 2. The fraction of sp³-hybridized carbons (Fsp3) is 0.143. The normalized spacial score (nSPS) is 14.9. The molecule has 1 N–H and O–H groups in total. The van der Waals surface area contributed by atoms with Crippen molar-refractivity contribution < 1.29 is 13.2 Å². The van der Waals surface area contributed by atoms with Crippen LogP contribution in [0.15, 0.2) is 58.1 Å². The number of rotatable bonds is 4. The number of fused-ring (bicyclic) bond motifs is 3. The SMILES string of the molecule is CC(C)OC1=Cc2cc3nccc(Nc4ccc5scnc5c4)c3cc2S1(=O)=O. The Bertz CT molecular complexity index is 1410. The average Bonchev–Trinajstić information content (AvgIpc) is 3.23. The first-order valence-corrected chi connectivity index (χ1v) is 11.4. The summed E-state index contributed by atoms with van der Waals surface area (Å²) in [6.07, 6.45) is 3.05. The zero-order chi connectivity index (χ0) is 20.2. The van der Waals surface area contributed by atoms with Crippen LogP contribution in [0.5, 0.6) is 0 Å². The number of pyridine rings is 1. The minimum atomic E-state index is -3.67. The molecule has 1 aliphatic rings. The third-order valence-corrected chi connectivity index (χ3v) is 7.15. The highest BCUT2D eigenvalue weighted by molar-refractivity contribution is 7.95. The lowest BCUT2D eigenvalue weighted by Gasteiger charge is -2.12. The first-order valence-electron chi connectivity index (χ1n) is 9.08. The van der Waals surface area contributed by atoms with E-state index in [0.717, 1.165) is 27.0 Å². The van der Waals surface area contributed by atoms with Crippen LogP contribution in [0.4, 0.5) is 11.4 Å². The first-order chi connectivity index (χ1) is 13.9. The second-order valence-electron chi connectivity index (χ2n) is 7.06. The molecule has 0 bridgehead atoms. The summed E-state index contributed by atoms with van der Waals surface area (Å²) in [7, 11) is -3.67. The lowest BCUT2D eigenvalue weighted by molar-refractivity contribution is 0.169. The zero-order valence-corrected chi connectivity index (χ0v) is 17.3. The highest BCUT2D eigenvalue weighted by Crippen LogP contribution is 2.38. The number of anilines is 2. The molecule has 146 valence electrons. The first kappa shape index (κ1) is 18.1. The van der Waals surface area contributed by atoms with Crippen LogP contribution in [-0.4, -0.2) is 24.5 Å². The summed E-state index contributed by atoms with van der Waals surface area (Å²) in [5, 5.41) is 4.09. The number of nitrogens with zero attached hydrogens (tertiary/aromatic N) is 2. The van der Waals surface area contributed by atoms with E-state index in [2.05, 4.69) is 15.3 Å². The van der Waals surface area contributed by atoms with E-state index in [-0.39, 0.29) is 16.1 Å². The van der Waals surface area contributed by atoms with E-state index in [1.54, 1.807) is 49.6 Å². The standard InChI is InChI=1S/C21H17N3O3S2/c1-12(2)27-21-8-13-7-17-15(10-20(13)29(21,25)26)16(5-6-22-17)24-14-3-4-19-18(9-14)23-11-28-19/h3-12H,1-2H3,(H,22,24). The van der Waals surface area contributed by atoms with Crippen LogP contribution in [0.25, 0.3) is 27.2 Å². The Morgan fingerprint density at radius 1 is 1.07 bits per heavy atom. The number of sulfone groups is 1. The van der Waals surface area contributed by atoms with Gasteiger partial charge in [0, 0.05) is 34.6 Å². The summed E-state index contributed by atoms with van der Waals surface area (Å²) in [4.78, 5) is 9.01. The van der Waals surface area contributed by atoms with Gasteiger partial charge in [0.1, 0.15) is 0 Å². The van der Waals surface area contributed by atoms with Gasteiger partial charge in [-0.25, -0.2) is 13.4 Å². The molecule has 0 amide bonds. The molecule has 8 heteroatoms. The summed E-state index contributed by atoms with van der Waals surface area (Å²) < 4.78 is 32.5. The molecule has 3 heterocycles. The maximum absolute atomic E-state index is 12.9. The third kappa shape index (κ3) is 3.04. The molecule has 0 spiro atoms. The predicted molar refractivity (Wildman–Crippen MR) is 116 cm³/mol. The average molecular weight is 424 g/mol. The molecule has 0 saturated carbocycles. The molecule has 0 atom stereocenters. The van der Waals surface area contributed by atoms with Gasteiger partial charge in [-0.2, -0.15) is 0 Å². The van der Waals surface area contributed by atoms with E-state index in [9.17, 15) is 8.42 Å². The van der Waals surface area contributed by atoms with Gasteiger partial charge < -0.3 is 10.1 Å². The third-order valence-electron chi connectivity index (χ3n) is 4.66. The molecule has 0 radical (unpaired) electrons. The van der Waals surface area contributed by atoms with Gasteiger partial charge in [0.15, 0.2) is 0 Å². The second-order valence-corrected chi connectivity index (χ2v) is 9.79. The fourth-order valence-electron chi connectivity index (χ4n) is 3.38. The van der Waals surface area contributed by atoms with E-state index >= 15 is 0 Å². The van der Waals surface area contributed by atoms with Crippen molar-refractivity contribution in [2.45, 2.75) is 24.8 Å². The molecule has 29 heavy (non-hydrogen) atoms. The monoisotopic (exact) mass is 423 g/mol. The van der Waals surface area contributed by atoms with Gasteiger partial charge in [-0.05, 0) is 50.2 Å². The number of aromatic nitrogens is 2. The van der Waals surface area contributed by atoms with Crippen molar-refractivity contribution in [3.05, 3.63) is 58.8 Å². The number of nitrogens with one attached hydrogen (secondary N) is 1. The van der Waals surface area contributed by atoms with Gasteiger partial charge in [0.25, 0.3) is 0 Å². The van der Waals surface area contributed by atoms with Gasteiger partial charge in [-0.15, -0.1) is 11.3 Å². The van der Waals surface area contributed by atoms with Gasteiger partial charge >= 0.3 is 0 Å². The summed E-state index contributed by atoms with van der Waals surface area (Å²) in [5.74, 6) is 0. The molecule has 0 saturated heterocycles. The van der Waals surface area contributed by atoms with Crippen molar-refractivity contribution in [2.75, 3.05) is 5.32 Å². The highest BCUT2D eigenvalue weighted by Gasteiger charge is 2.32. The molecule has 1 aliphatic heterocycles. The Labute approximate surface area is 171 Å². The molecule has 0 unspecified atom stereocenters. The Hall–Kier alpha value is -2.97. The van der Waals surface area contributed by atoms with E-state index in [1.807, 2.05) is 29.8 Å². The Morgan fingerprint density at radius 3 is 2.76 bits per heavy atom. The maximum Gasteiger partial charge on any atom is 0.239 e. The number of thiazole rings is 1. The molecule has 0 aliphatic carbocycles. The Kier molecular flexibility index (Phi) is 4.07. The topological polar surface area (TPSA) is 81.2 Å². The molecule has 4 aromatic rings. The molecule has 5 rings (SSSR count). The van der Waals surface area contributed by atoms with Crippen LogP contribution in [0.2, 0.25) is 0 Å². The Balaban J connectivity index is 1.60. The van der Waals surface area contributed by atoms with Crippen LogP contribution in [0.1, 0.15) is 19.4 Å². The van der Waals surface area contributed by atoms with Crippen LogP contribution < -0.4 is 5.32 Å². The van der Waals surface area contributed by atoms with Crippen LogP contribution >= 0.6 is 11.3 Å². The summed E-state index contributed by atoms with van der Waals surface area (Å²) in [5.41, 5.74) is 5.69. The van der Waals surface area contributed by atoms with E-state index in [4.69, 9.17) is 4.74 Å². The molecule has 6 nitrogen and oxygen atoms in total. The fourth-order valence-corrected chi connectivity index (χ4v) is 5.56. The van der Waals surface area contributed by atoms with Gasteiger partial charge in [-0.1, -0.05) is 0 Å². The summed E-state index contributed by atoms with van der Waals surface area (Å²) in [6.45, 7) is 3.61. The minimum Gasteiger partial charge on any atom is -0.480 e.